The van der Waals surface area contributed by atoms with Gasteiger partial charge in [-0.05, 0) is 18.6 Å². The zero-order valence-corrected chi connectivity index (χ0v) is 12.1. The van der Waals surface area contributed by atoms with Gasteiger partial charge in [0.05, 0.1) is 10.7 Å². The van der Waals surface area contributed by atoms with Crippen molar-refractivity contribution in [3.8, 4) is 0 Å². The second-order valence-corrected chi connectivity index (χ2v) is 6.32. The van der Waals surface area contributed by atoms with Crippen molar-refractivity contribution in [3.05, 3.63) is 28.5 Å². The second kappa shape index (κ2) is 5.51. The predicted octanol–water partition coefficient (Wildman–Crippen LogP) is 3.17. The molecule has 1 saturated heterocycles. The van der Waals surface area contributed by atoms with E-state index >= 15 is 0 Å². The summed E-state index contributed by atoms with van der Waals surface area (Å²) in [6, 6.07) is 2.87. The minimum Gasteiger partial charge on any atom is -0.307 e. The lowest BCUT2D eigenvalue weighted by molar-refractivity contribution is -0.117. The monoisotopic (exact) mass is 301 g/mol. The van der Waals surface area contributed by atoms with Crippen molar-refractivity contribution in [2.45, 2.75) is 25.5 Å². The fourth-order valence-electron chi connectivity index (χ4n) is 2.09. The van der Waals surface area contributed by atoms with E-state index in [1.807, 2.05) is 0 Å². The third-order valence-electron chi connectivity index (χ3n) is 2.95. The topological polar surface area (TPSA) is 37.4 Å². The maximum absolute atomic E-state index is 13.9. The number of carbonyl (C=O) groups is 2. The minimum absolute atomic E-state index is 0.0459. The third kappa shape index (κ3) is 2.92. The number of carbonyl (C=O) groups excluding carboxylic acids is 2. The molecule has 0 aliphatic carbocycles. The van der Waals surface area contributed by atoms with Gasteiger partial charge in [0.15, 0.2) is 5.12 Å². The molecule has 1 amide bonds. The van der Waals surface area contributed by atoms with Gasteiger partial charge >= 0.3 is 0 Å². The van der Waals surface area contributed by atoms with Gasteiger partial charge in [0.1, 0.15) is 5.82 Å². The van der Waals surface area contributed by atoms with Gasteiger partial charge in [-0.25, -0.2) is 4.39 Å². The van der Waals surface area contributed by atoms with Crippen molar-refractivity contribution >= 4 is 40.1 Å². The third-order valence-corrected chi connectivity index (χ3v) is 4.41. The molecule has 1 fully saturated rings. The highest BCUT2D eigenvalue weighted by molar-refractivity contribution is 8.14. The van der Waals surface area contributed by atoms with Gasteiger partial charge in [-0.1, -0.05) is 29.4 Å². The van der Waals surface area contributed by atoms with Crippen LogP contribution >= 0.6 is 23.4 Å². The lowest BCUT2D eigenvalue weighted by Crippen LogP contribution is -2.26. The molecule has 0 spiro atoms. The summed E-state index contributed by atoms with van der Waals surface area (Å²) in [5.41, 5.74) is 0.840. The van der Waals surface area contributed by atoms with Crippen LogP contribution in [0, 0.1) is 12.7 Å². The molecule has 1 unspecified atom stereocenters. The average molecular weight is 302 g/mol. The van der Waals surface area contributed by atoms with Crippen LogP contribution < -0.4 is 4.90 Å². The van der Waals surface area contributed by atoms with Crippen LogP contribution in [0.2, 0.25) is 5.02 Å². The van der Waals surface area contributed by atoms with Crippen molar-refractivity contribution in [2.24, 2.45) is 0 Å². The largest absolute Gasteiger partial charge is 0.307 e. The van der Waals surface area contributed by atoms with Gasteiger partial charge in [0, 0.05) is 25.1 Å². The minimum atomic E-state index is -0.516. The highest BCUT2D eigenvalue weighted by Crippen LogP contribution is 2.36. The Morgan fingerprint density at radius 3 is 2.84 bits per heavy atom. The first-order valence-corrected chi connectivity index (χ1v) is 7.08. The summed E-state index contributed by atoms with van der Waals surface area (Å²) in [5.74, 6) is -0.720. The molecule has 0 aromatic heterocycles. The van der Waals surface area contributed by atoms with E-state index < -0.39 is 5.82 Å². The smallest absolute Gasteiger partial charge is 0.228 e. The maximum atomic E-state index is 13.9. The molecule has 0 bridgehead atoms. The van der Waals surface area contributed by atoms with Gasteiger partial charge in [-0.15, -0.1) is 0 Å². The Morgan fingerprint density at radius 2 is 2.21 bits per heavy atom. The van der Waals surface area contributed by atoms with Crippen LogP contribution in [0.5, 0.6) is 0 Å². The number of halogens is 2. The van der Waals surface area contributed by atoms with E-state index in [0.717, 1.165) is 11.8 Å². The summed E-state index contributed by atoms with van der Waals surface area (Å²) in [7, 11) is 0. The summed E-state index contributed by atoms with van der Waals surface area (Å²) in [6.07, 6.45) is 0.230. The first kappa shape index (κ1) is 14.3. The van der Waals surface area contributed by atoms with Gasteiger partial charge < -0.3 is 4.90 Å². The second-order valence-electron chi connectivity index (χ2n) is 4.47. The molecule has 6 heteroatoms. The summed E-state index contributed by atoms with van der Waals surface area (Å²) >= 11 is 7.20. The van der Waals surface area contributed by atoms with Gasteiger partial charge in [0.25, 0.3) is 0 Å². The van der Waals surface area contributed by atoms with Crippen LogP contribution in [-0.4, -0.2) is 22.8 Å². The molecule has 0 saturated carbocycles. The van der Waals surface area contributed by atoms with Gasteiger partial charge in [-0.3, -0.25) is 9.59 Å². The average Bonchev–Trinajstić information content (AvgIpc) is 2.65. The molecule has 1 heterocycles. The summed E-state index contributed by atoms with van der Waals surface area (Å²) in [4.78, 5) is 24.4. The van der Waals surface area contributed by atoms with E-state index in [1.165, 1.54) is 17.9 Å². The number of rotatable bonds is 2. The van der Waals surface area contributed by atoms with Crippen LogP contribution in [0.4, 0.5) is 10.1 Å². The predicted molar refractivity (Wildman–Crippen MR) is 75.2 cm³/mol. The standard InChI is InChI=1S/C13H13ClFNO2S/c1-7-3-4-10(15)13(12(7)14)16-6-9(5-11(16)18)19-8(2)17/h3-4,9H,5-6H2,1-2H3. The van der Waals surface area contributed by atoms with Gasteiger partial charge in [-0.2, -0.15) is 0 Å². The van der Waals surface area contributed by atoms with Crippen LogP contribution in [0.3, 0.4) is 0 Å². The van der Waals surface area contributed by atoms with E-state index in [1.54, 1.807) is 13.0 Å². The maximum Gasteiger partial charge on any atom is 0.228 e. The molecule has 1 aromatic rings. The quantitative estimate of drug-likeness (QED) is 0.842. The molecular formula is C13H13ClFNO2S. The molecule has 1 aromatic carbocycles. The number of hydrogen-bond donors (Lipinski definition) is 0. The zero-order valence-electron chi connectivity index (χ0n) is 10.6. The number of hydrogen-bond acceptors (Lipinski definition) is 3. The number of benzene rings is 1. The lowest BCUT2D eigenvalue weighted by Gasteiger charge is -2.19. The van der Waals surface area contributed by atoms with Crippen LogP contribution in [-0.2, 0) is 9.59 Å². The molecule has 0 radical (unpaired) electrons. The number of amides is 1. The van der Waals surface area contributed by atoms with Crippen molar-refractivity contribution < 1.29 is 14.0 Å². The van der Waals surface area contributed by atoms with Crippen LogP contribution in [0.15, 0.2) is 12.1 Å². The van der Waals surface area contributed by atoms with E-state index in [9.17, 15) is 14.0 Å². The molecule has 102 valence electrons. The van der Waals surface area contributed by atoms with E-state index in [0.29, 0.717) is 12.1 Å². The number of anilines is 1. The fraction of sp³-hybridized carbons (Fsp3) is 0.385. The molecular weight excluding hydrogens is 289 g/mol. The van der Waals surface area contributed by atoms with Crippen molar-refractivity contribution in [2.75, 3.05) is 11.4 Å². The highest BCUT2D eigenvalue weighted by Gasteiger charge is 2.34. The van der Waals surface area contributed by atoms with E-state index in [-0.39, 0.29) is 33.4 Å². The van der Waals surface area contributed by atoms with Crippen LogP contribution in [0.25, 0.3) is 0 Å². The molecule has 0 N–H and O–H groups in total. The molecule has 3 nitrogen and oxygen atoms in total. The van der Waals surface area contributed by atoms with Crippen LogP contribution in [0.1, 0.15) is 18.9 Å². The Balaban J connectivity index is 2.31. The Bertz CT molecular complexity index is 550. The van der Waals surface area contributed by atoms with E-state index in [2.05, 4.69) is 0 Å². The van der Waals surface area contributed by atoms with Gasteiger partial charge in [0.2, 0.25) is 5.91 Å². The normalized spacial score (nSPS) is 19.1. The summed E-state index contributed by atoms with van der Waals surface area (Å²) in [5, 5.41) is 0.0678. The van der Waals surface area contributed by atoms with Crippen molar-refractivity contribution in [3.63, 3.8) is 0 Å². The Labute approximate surface area is 120 Å². The summed E-state index contributed by atoms with van der Waals surface area (Å²) < 4.78 is 13.9. The molecule has 1 aliphatic heterocycles. The first-order chi connectivity index (χ1) is 8.90. The SMILES string of the molecule is CC(=O)SC1CC(=O)N(c2c(F)ccc(C)c2Cl)C1. The van der Waals surface area contributed by atoms with Crippen molar-refractivity contribution in [1.82, 2.24) is 0 Å². The first-order valence-electron chi connectivity index (χ1n) is 5.82. The Hall–Kier alpha value is -1.07. The zero-order chi connectivity index (χ0) is 14.2. The fourth-order valence-corrected chi connectivity index (χ4v) is 3.27. The molecule has 2 rings (SSSR count). The lowest BCUT2D eigenvalue weighted by atomic mass is 10.2. The molecule has 1 aliphatic rings. The Kier molecular flexibility index (Phi) is 4.16. The number of aryl methyl sites for hydroxylation is 1. The summed E-state index contributed by atoms with van der Waals surface area (Å²) in [6.45, 7) is 3.52. The van der Waals surface area contributed by atoms with E-state index in [4.69, 9.17) is 11.6 Å². The van der Waals surface area contributed by atoms with Crippen molar-refractivity contribution in [1.29, 1.82) is 0 Å². The molecule has 1 atom stereocenters. The molecule has 19 heavy (non-hydrogen) atoms. The number of nitrogens with zero attached hydrogens (tertiary/aromatic N) is 1. The number of thioether (sulfide) groups is 1. The Morgan fingerprint density at radius 1 is 1.53 bits per heavy atom. The highest BCUT2D eigenvalue weighted by atomic mass is 35.5.